The first-order valence-electron chi connectivity index (χ1n) is 9.08. The molecule has 0 heterocycles. The number of hydrogen-bond acceptors (Lipinski definition) is 7. The van der Waals surface area contributed by atoms with E-state index in [0.717, 1.165) is 18.9 Å². The standard InChI is InChI=1S/C19H17ClN4O6/c20-12-4-3-5-13(10-12)21-19(25)30-22-17-7-2-1-6-15(17)16-9-8-14(23(26)27)11-18(16)24(28)29/h3-5,8-11,15H,1-2,6-7H2,(H,21,25)/b22-17-/t15-/m0/s1. The van der Waals surface area contributed by atoms with Gasteiger partial charge in [-0.25, -0.2) is 4.79 Å². The lowest BCUT2D eigenvalue weighted by molar-refractivity contribution is -0.394. The van der Waals surface area contributed by atoms with Gasteiger partial charge in [0.05, 0.1) is 21.6 Å². The molecule has 0 aromatic heterocycles. The number of non-ortho nitro benzene ring substituents is 1. The summed E-state index contributed by atoms with van der Waals surface area (Å²) in [4.78, 5) is 38.1. The molecule has 1 amide bonds. The molecule has 0 bridgehead atoms. The summed E-state index contributed by atoms with van der Waals surface area (Å²) >= 11 is 5.87. The predicted octanol–water partition coefficient (Wildman–Crippen LogP) is 5.42. The van der Waals surface area contributed by atoms with E-state index in [-0.39, 0.29) is 11.4 Å². The Balaban J connectivity index is 1.82. The fourth-order valence-corrected chi connectivity index (χ4v) is 3.54. The van der Waals surface area contributed by atoms with E-state index >= 15 is 0 Å². The van der Waals surface area contributed by atoms with E-state index in [2.05, 4.69) is 10.5 Å². The third kappa shape index (κ3) is 5.09. The molecule has 3 rings (SSSR count). The Morgan fingerprint density at radius 2 is 1.93 bits per heavy atom. The summed E-state index contributed by atoms with van der Waals surface area (Å²) in [5.41, 5.74) is 0.491. The van der Waals surface area contributed by atoms with Crippen molar-refractivity contribution in [3.05, 3.63) is 73.3 Å². The Morgan fingerprint density at radius 1 is 1.13 bits per heavy atom. The number of oxime groups is 1. The highest BCUT2D eigenvalue weighted by Gasteiger charge is 2.31. The Bertz CT molecular complexity index is 1030. The molecule has 1 fully saturated rings. The van der Waals surface area contributed by atoms with Gasteiger partial charge in [0.1, 0.15) is 0 Å². The summed E-state index contributed by atoms with van der Waals surface area (Å²) in [6.07, 6.45) is 1.80. The summed E-state index contributed by atoms with van der Waals surface area (Å²) in [5.74, 6) is -0.473. The SMILES string of the molecule is O=C(Nc1cccc(Cl)c1)O/N=C1/CCCC[C@H]1c1ccc([N+](=O)[O-])cc1[N+](=O)[O-]. The molecular weight excluding hydrogens is 416 g/mol. The van der Waals surface area contributed by atoms with Crippen LogP contribution in [-0.4, -0.2) is 21.7 Å². The van der Waals surface area contributed by atoms with Gasteiger partial charge in [-0.3, -0.25) is 30.4 Å². The van der Waals surface area contributed by atoms with Gasteiger partial charge in [-0.2, -0.15) is 0 Å². The summed E-state index contributed by atoms with van der Waals surface area (Å²) in [5, 5.41) is 29.3. The Hall–Kier alpha value is -3.53. The van der Waals surface area contributed by atoms with Gasteiger partial charge in [0, 0.05) is 28.3 Å². The maximum absolute atomic E-state index is 12.0. The molecule has 0 unspecified atom stereocenters. The van der Waals surface area contributed by atoms with Gasteiger partial charge in [0.25, 0.3) is 11.4 Å². The molecule has 10 nitrogen and oxygen atoms in total. The minimum atomic E-state index is -0.827. The van der Waals surface area contributed by atoms with E-state index in [9.17, 15) is 25.0 Å². The minimum absolute atomic E-state index is 0.308. The normalized spacial score (nSPS) is 17.4. The number of hydrogen-bond donors (Lipinski definition) is 1. The van der Waals surface area contributed by atoms with E-state index in [1.54, 1.807) is 24.3 Å². The smallest absolute Gasteiger partial charge is 0.298 e. The zero-order valence-electron chi connectivity index (χ0n) is 15.6. The van der Waals surface area contributed by atoms with Crippen LogP contribution in [-0.2, 0) is 4.84 Å². The quantitative estimate of drug-likeness (QED) is 0.380. The van der Waals surface area contributed by atoms with Crippen molar-refractivity contribution < 1.29 is 19.5 Å². The van der Waals surface area contributed by atoms with E-state index in [1.807, 2.05) is 0 Å². The van der Waals surface area contributed by atoms with Crippen LogP contribution in [0.1, 0.15) is 37.2 Å². The molecule has 0 aliphatic heterocycles. The number of halogens is 1. The highest BCUT2D eigenvalue weighted by molar-refractivity contribution is 6.30. The van der Waals surface area contributed by atoms with Crippen molar-refractivity contribution in [3.8, 4) is 0 Å². The van der Waals surface area contributed by atoms with Gasteiger partial charge >= 0.3 is 6.09 Å². The zero-order valence-corrected chi connectivity index (χ0v) is 16.4. The summed E-state index contributed by atoms with van der Waals surface area (Å²) in [6, 6.07) is 10.0. The Labute approximate surface area is 175 Å². The van der Waals surface area contributed by atoms with Crippen molar-refractivity contribution in [2.45, 2.75) is 31.6 Å². The number of carbonyl (C=O) groups excluding carboxylic acids is 1. The molecule has 1 N–H and O–H groups in total. The topological polar surface area (TPSA) is 137 Å². The average Bonchev–Trinajstić information content (AvgIpc) is 2.72. The summed E-state index contributed by atoms with van der Waals surface area (Å²) < 4.78 is 0. The number of carbonyl (C=O) groups is 1. The number of nitrogens with zero attached hydrogens (tertiary/aromatic N) is 3. The molecule has 0 saturated heterocycles. The highest BCUT2D eigenvalue weighted by atomic mass is 35.5. The lowest BCUT2D eigenvalue weighted by atomic mass is 9.81. The minimum Gasteiger partial charge on any atom is -0.298 e. The van der Waals surface area contributed by atoms with Crippen LogP contribution in [0.15, 0.2) is 47.6 Å². The highest BCUT2D eigenvalue weighted by Crippen LogP contribution is 2.37. The molecule has 0 radical (unpaired) electrons. The zero-order chi connectivity index (χ0) is 21.7. The first kappa shape index (κ1) is 21.2. The van der Waals surface area contributed by atoms with Crippen LogP contribution in [0.2, 0.25) is 5.02 Å². The molecule has 1 aliphatic rings. The van der Waals surface area contributed by atoms with Crippen LogP contribution in [0.3, 0.4) is 0 Å². The van der Waals surface area contributed by atoms with Crippen molar-refractivity contribution in [1.82, 2.24) is 0 Å². The van der Waals surface area contributed by atoms with E-state index in [4.69, 9.17) is 16.4 Å². The predicted molar refractivity (Wildman–Crippen MR) is 110 cm³/mol. The Morgan fingerprint density at radius 3 is 2.63 bits per heavy atom. The van der Waals surface area contributed by atoms with Crippen LogP contribution in [0, 0.1) is 20.2 Å². The first-order chi connectivity index (χ1) is 14.3. The van der Waals surface area contributed by atoms with Crippen LogP contribution >= 0.6 is 11.6 Å². The second-order valence-electron chi connectivity index (χ2n) is 6.65. The number of nitrogens with one attached hydrogen (secondary N) is 1. The van der Waals surface area contributed by atoms with Gasteiger partial charge in [-0.1, -0.05) is 29.2 Å². The van der Waals surface area contributed by atoms with Crippen LogP contribution < -0.4 is 5.32 Å². The fraction of sp³-hybridized carbons (Fsp3) is 0.263. The van der Waals surface area contributed by atoms with E-state index in [0.29, 0.717) is 34.8 Å². The molecule has 1 aliphatic carbocycles. The molecule has 30 heavy (non-hydrogen) atoms. The third-order valence-electron chi connectivity index (χ3n) is 4.69. The van der Waals surface area contributed by atoms with Gasteiger partial charge < -0.3 is 0 Å². The van der Waals surface area contributed by atoms with Crippen LogP contribution in [0.5, 0.6) is 0 Å². The molecule has 2 aromatic rings. The van der Waals surface area contributed by atoms with Crippen molar-refractivity contribution >= 4 is 40.5 Å². The summed E-state index contributed by atoms with van der Waals surface area (Å²) in [6.45, 7) is 0. The molecule has 2 aromatic carbocycles. The van der Waals surface area contributed by atoms with Crippen LogP contribution in [0.4, 0.5) is 21.9 Å². The largest absolute Gasteiger partial charge is 0.437 e. The molecule has 11 heteroatoms. The van der Waals surface area contributed by atoms with Gasteiger partial charge in [0.2, 0.25) is 0 Å². The lowest BCUT2D eigenvalue weighted by Crippen LogP contribution is -2.20. The molecular formula is C19H17ClN4O6. The van der Waals surface area contributed by atoms with Gasteiger partial charge in [-0.15, -0.1) is 0 Å². The number of amides is 1. The number of nitro benzene ring substituents is 2. The number of anilines is 1. The maximum Gasteiger partial charge on any atom is 0.437 e. The lowest BCUT2D eigenvalue weighted by Gasteiger charge is -2.23. The van der Waals surface area contributed by atoms with Crippen LogP contribution in [0.25, 0.3) is 0 Å². The molecule has 156 valence electrons. The average molecular weight is 433 g/mol. The number of rotatable bonds is 5. The molecule has 0 spiro atoms. The van der Waals surface area contributed by atoms with Gasteiger partial charge in [-0.05, 0) is 43.5 Å². The number of benzene rings is 2. The van der Waals surface area contributed by atoms with Crippen molar-refractivity contribution in [2.24, 2.45) is 5.16 Å². The number of nitro groups is 2. The van der Waals surface area contributed by atoms with E-state index < -0.39 is 21.9 Å². The summed E-state index contributed by atoms with van der Waals surface area (Å²) in [7, 11) is 0. The van der Waals surface area contributed by atoms with Crippen molar-refractivity contribution in [1.29, 1.82) is 0 Å². The Kier molecular flexibility index (Phi) is 6.58. The third-order valence-corrected chi connectivity index (χ3v) is 4.93. The second kappa shape index (κ2) is 9.31. The molecule has 1 saturated carbocycles. The van der Waals surface area contributed by atoms with Gasteiger partial charge in [0.15, 0.2) is 0 Å². The maximum atomic E-state index is 12.0. The molecule has 1 atom stereocenters. The second-order valence-corrected chi connectivity index (χ2v) is 7.09. The monoisotopic (exact) mass is 432 g/mol. The van der Waals surface area contributed by atoms with Crippen molar-refractivity contribution in [3.63, 3.8) is 0 Å². The first-order valence-corrected chi connectivity index (χ1v) is 9.46. The van der Waals surface area contributed by atoms with Crippen molar-refractivity contribution in [2.75, 3.05) is 5.32 Å². The van der Waals surface area contributed by atoms with E-state index in [1.165, 1.54) is 12.1 Å². The fourth-order valence-electron chi connectivity index (χ4n) is 3.35.